The van der Waals surface area contributed by atoms with Gasteiger partial charge in [0.05, 0.1) is 0 Å². The van der Waals surface area contributed by atoms with E-state index >= 15 is 0 Å². The van der Waals surface area contributed by atoms with Crippen molar-refractivity contribution in [1.82, 2.24) is 15.5 Å². The van der Waals surface area contributed by atoms with Crippen LogP contribution in [0.15, 0.2) is 0 Å². The molecule has 3 nitrogen and oxygen atoms in total. The SMILES string of the molecule is CC(CC1CCCCCN1)NC1CCN(C(C)(C)C)CC1. The van der Waals surface area contributed by atoms with Gasteiger partial charge in [-0.3, -0.25) is 4.90 Å². The minimum absolute atomic E-state index is 0.334. The van der Waals surface area contributed by atoms with E-state index in [-0.39, 0.29) is 0 Å². The standard InChI is InChI=1S/C18H37N3/c1-15(14-17-8-6-5-7-11-19-17)20-16-9-12-21(13-10-16)18(2,3)4/h15-17,19-20H,5-14H2,1-4H3. The molecule has 2 heterocycles. The molecule has 0 amide bonds. The summed E-state index contributed by atoms with van der Waals surface area (Å²) in [6, 6.07) is 2.11. The van der Waals surface area contributed by atoms with Crippen molar-refractivity contribution >= 4 is 0 Å². The Balaban J connectivity index is 1.68. The minimum Gasteiger partial charge on any atom is -0.314 e. The summed E-state index contributed by atoms with van der Waals surface area (Å²) in [5.41, 5.74) is 0.334. The van der Waals surface area contributed by atoms with Crippen LogP contribution in [-0.4, -0.2) is 48.2 Å². The average Bonchev–Trinajstić information content (AvgIpc) is 2.67. The summed E-state index contributed by atoms with van der Waals surface area (Å²) in [5.74, 6) is 0. The van der Waals surface area contributed by atoms with E-state index in [2.05, 4.69) is 43.2 Å². The van der Waals surface area contributed by atoms with Crippen molar-refractivity contribution in [3.05, 3.63) is 0 Å². The second kappa shape index (κ2) is 7.94. The number of nitrogens with zero attached hydrogens (tertiary/aromatic N) is 1. The molecule has 124 valence electrons. The number of nitrogens with one attached hydrogen (secondary N) is 2. The zero-order valence-electron chi connectivity index (χ0n) is 14.8. The van der Waals surface area contributed by atoms with Crippen molar-refractivity contribution in [3.8, 4) is 0 Å². The lowest BCUT2D eigenvalue weighted by molar-refractivity contribution is 0.0936. The van der Waals surface area contributed by atoms with Crippen molar-refractivity contribution in [2.45, 2.75) is 96.3 Å². The van der Waals surface area contributed by atoms with Crippen LogP contribution in [0, 0.1) is 0 Å². The zero-order valence-corrected chi connectivity index (χ0v) is 14.8. The average molecular weight is 296 g/mol. The van der Waals surface area contributed by atoms with Crippen LogP contribution in [0.4, 0.5) is 0 Å². The van der Waals surface area contributed by atoms with Crippen LogP contribution in [0.1, 0.15) is 72.6 Å². The monoisotopic (exact) mass is 295 g/mol. The second-order valence-electron chi connectivity index (χ2n) is 8.24. The fourth-order valence-electron chi connectivity index (χ4n) is 3.92. The summed E-state index contributed by atoms with van der Waals surface area (Å²) < 4.78 is 0. The second-order valence-corrected chi connectivity index (χ2v) is 8.24. The third kappa shape index (κ3) is 5.88. The maximum atomic E-state index is 3.89. The van der Waals surface area contributed by atoms with Gasteiger partial charge in [0, 0.05) is 36.8 Å². The van der Waals surface area contributed by atoms with E-state index in [0.717, 1.165) is 12.1 Å². The van der Waals surface area contributed by atoms with Gasteiger partial charge in [-0.15, -0.1) is 0 Å². The van der Waals surface area contributed by atoms with Crippen molar-refractivity contribution in [1.29, 1.82) is 0 Å². The van der Waals surface area contributed by atoms with E-state index in [1.165, 1.54) is 64.6 Å². The topological polar surface area (TPSA) is 27.3 Å². The molecule has 2 unspecified atom stereocenters. The van der Waals surface area contributed by atoms with Gasteiger partial charge in [0.2, 0.25) is 0 Å². The first kappa shape index (κ1) is 17.2. The molecule has 0 radical (unpaired) electrons. The first-order chi connectivity index (χ1) is 9.95. The van der Waals surface area contributed by atoms with Crippen LogP contribution in [0.3, 0.4) is 0 Å². The minimum atomic E-state index is 0.334. The van der Waals surface area contributed by atoms with Gasteiger partial charge >= 0.3 is 0 Å². The number of hydrogen-bond donors (Lipinski definition) is 2. The maximum absolute atomic E-state index is 3.89. The Bertz CT molecular complexity index is 281. The van der Waals surface area contributed by atoms with Crippen LogP contribution in [0.5, 0.6) is 0 Å². The number of hydrogen-bond acceptors (Lipinski definition) is 3. The Morgan fingerprint density at radius 1 is 1.10 bits per heavy atom. The summed E-state index contributed by atoms with van der Waals surface area (Å²) in [7, 11) is 0. The van der Waals surface area contributed by atoms with E-state index in [9.17, 15) is 0 Å². The molecule has 2 atom stereocenters. The molecule has 3 heteroatoms. The van der Waals surface area contributed by atoms with Gasteiger partial charge in [-0.1, -0.05) is 12.8 Å². The van der Waals surface area contributed by atoms with Crippen molar-refractivity contribution in [3.63, 3.8) is 0 Å². The summed E-state index contributed by atoms with van der Waals surface area (Å²) in [5, 5.41) is 7.62. The highest BCUT2D eigenvalue weighted by Gasteiger charge is 2.27. The van der Waals surface area contributed by atoms with E-state index < -0.39 is 0 Å². The Labute approximate surface area is 132 Å². The Morgan fingerprint density at radius 3 is 2.48 bits per heavy atom. The lowest BCUT2D eigenvalue weighted by atomic mass is 9.96. The summed E-state index contributed by atoms with van der Waals surface area (Å²) >= 11 is 0. The Hall–Kier alpha value is -0.120. The molecule has 0 aromatic rings. The van der Waals surface area contributed by atoms with Gasteiger partial charge in [0.15, 0.2) is 0 Å². The third-order valence-corrected chi connectivity index (χ3v) is 5.26. The molecule has 2 saturated heterocycles. The highest BCUT2D eigenvalue weighted by Crippen LogP contribution is 2.21. The summed E-state index contributed by atoms with van der Waals surface area (Å²) in [6.45, 7) is 13.1. The van der Waals surface area contributed by atoms with Crippen LogP contribution in [-0.2, 0) is 0 Å². The molecule has 0 bridgehead atoms. The molecule has 0 saturated carbocycles. The van der Waals surface area contributed by atoms with E-state index in [1.807, 2.05) is 0 Å². The van der Waals surface area contributed by atoms with Gasteiger partial charge in [-0.2, -0.15) is 0 Å². The predicted octanol–water partition coefficient (Wildman–Crippen LogP) is 3.15. The smallest absolute Gasteiger partial charge is 0.0125 e. The molecule has 0 aliphatic carbocycles. The summed E-state index contributed by atoms with van der Waals surface area (Å²) in [6.07, 6.45) is 9.46. The van der Waals surface area contributed by atoms with Gasteiger partial charge in [0.1, 0.15) is 0 Å². The quantitative estimate of drug-likeness (QED) is 0.834. The van der Waals surface area contributed by atoms with E-state index in [0.29, 0.717) is 11.6 Å². The molecule has 0 aromatic carbocycles. The molecule has 2 aliphatic rings. The molecule has 2 fully saturated rings. The highest BCUT2D eigenvalue weighted by molar-refractivity contribution is 4.86. The lowest BCUT2D eigenvalue weighted by Crippen LogP contribution is -2.51. The van der Waals surface area contributed by atoms with Gasteiger partial charge in [-0.05, 0) is 66.3 Å². The molecule has 21 heavy (non-hydrogen) atoms. The predicted molar refractivity (Wildman–Crippen MR) is 91.8 cm³/mol. The third-order valence-electron chi connectivity index (χ3n) is 5.26. The molecule has 2 aliphatic heterocycles. The largest absolute Gasteiger partial charge is 0.314 e. The van der Waals surface area contributed by atoms with Crippen molar-refractivity contribution in [2.75, 3.05) is 19.6 Å². The Kier molecular flexibility index (Phi) is 6.51. The number of rotatable bonds is 4. The maximum Gasteiger partial charge on any atom is 0.0125 e. The molecular weight excluding hydrogens is 258 g/mol. The van der Waals surface area contributed by atoms with Gasteiger partial charge in [0.25, 0.3) is 0 Å². The van der Waals surface area contributed by atoms with Crippen molar-refractivity contribution < 1.29 is 0 Å². The van der Waals surface area contributed by atoms with Crippen LogP contribution >= 0.6 is 0 Å². The molecular formula is C18H37N3. The van der Waals surface area contributed by atoms with Crippen LogP contribution < -0.4 is 10.6 Å². The van der Waals surface area contributed by atoms with Gasteiger partial charge in [-0.25, -0.2) is 0 Å². The van der Waals surface area contributed by atoms with Gasteiger partial charge < -0.3 is 10.6 Å². The van der Waals surface area contributed by atoms with E-state index in [1.54, 1.807) is 0 Å². The summed E-state index contributed by atoms with van der Waals surface area (Å²) in [4.78, 5) is 2.63. The van der Waals surface area contributed by atoms with Crippen molar-refractivity contribution in [2.24, 2.45) is 0 Å². The normalized spacial score (nSPS) is 28.3. The molecule has 0 aromatic heterocycles. The Morgan fingerprint density at radius 2 is 1.81 bits per heavy atom. The number of piperidine rings is 1. The number of likely N-dealkylation sites (tertiary alicyclic amines) is 1. The first-order valence-electron chi connectivity index (χ1n) is 9.19. The molecule has 2 rings (SSSR count). The van der Waals surface area contributed by atoms with Crippen LogP contribution in [0.25, 0.3) is 0 Å². The molecule has 0 spiro atoms. The molecule has 2 N–H and O–H groups in total. The highest BCUT2D eigenvalue weighted by atomic mass is 15.2. The van der Waals surface area contributed by atoms with E-state index in [4.69, 9.17) is 0 Å². The zero-order chi connectivity index (χ0) is 15.3. The fourth-order valence-corrected chi connectivity index (χ4v) is 3.92. The van der Waals surface area contributed by atoms with Crippen LogP contribution in [0.2, 0.25) is 0 Å². The lowest BCUT2D eigenvalue weighted by Gasteiger charge is -2.41. The first-order valence-corrected chi connectivity index (χ1v) is 9.19. The fraction of sp³-hybridized carbons (Fsp3) is 1.00.